The fourth-order valence-electron chi connectivity index (χ4n) is 6.19. The van der Waals surface area contributed by atoms with Crippen molar-refractivity contribution in [2.24, 2.45) is 0 Å². The summed E-state index contributed by atoms with van der Waals surface area (Å²) in [4.78, 5) is 18.4. The van der Waals surface area contributed by atoms with Crippen LogP contribution in [0.5, 0.6) is 0 Å². The van der Waals surface area contributed by atoms with Crippen LogP contribution in [0.1, 0.15) is 10.5 Å². The van der Waals surface area contributed by atoms with Crippen molar-refractivity contribution in [2.75, 3.05) is 0 Å². The molecule has 0 aliphatic carbocycles. The van der Waals surface area contributed by atoms with E-state index in [4.69, 9.17) is 5.11 Å². The van der Waals surface area contributed by atoms with Gasteiger partial charge in [-0.05, 0) is 34.3 Å². The van der Waals surface area contributed by atoms with Crippen LogP contribution in [0.25, 0.3) is 11.3 Å². The number of hydrogen-bond acceptors (Lipinski definition) is 4. The van der Waals surface area contributed by atoms with Crippen LogP contribution in [-0.2, 0) is 24.7 Å². The second-order valence-corrected chi connectivity index (χ2v) is 22.7. The summed E-state index contributed by atoms with van der Waals surface area (Å²) in [6, 6.07) is 33.9. The Bertz CT molecular complexity index is 1780. The van der Waals surface area contributed by atoms with Crippen molar-refractivity contribution < 1.29 is 34.6 Å². The van der Waals surface area contributed by atoms with Gasteiger partial charge in [-0.1, -0.05) is 98.2 Å². The van der Waals surface area contributed by atoms with Gasteiger partial charge in [-0.3, -0.25) is 0 Å². The van der Waals surface area contributed by atoms with Gasteiger partial charge in [-0.15, -0.1) is 28.1 Å². The fraction of sp³-hybridized carbons (Fsp3) is 0.121. The summed E-state index contributed by atoms with van der Waals surface area (Å²) in [5, 5.41) is 16.7. The smallest absolute Gasteiger partial charge is 0.354 e. The third-order valence-corrected chi connectivity index (χ3v) is 19.3. The van der Waals surface area contributed by atoms with Gasteiger partial charge < -0.3 is 14.7 Å². The number of rotatable bonds is 2. The molecule has 9 heteroatoms. The number of aromatic nitrogens is 2. The number of hydrogen-bond donors (Lipinski definition) is 1. The van der Waals surface area contributed by atoms with Gasteiger partial charge >= 0.3 is 5.97 Å². The molecule has 5 aromatic rings. The maximum Gasteiger partial charge on any atom is 0.354 e. The second-order valence-electron chi connectivity index (χ2n) is 11.4. The Balaban J connectivity index is 0.000000305. The van der Waals surface area contributed by atoms with E-state index in [2.05, 4.69) is 103 Å². The topological polar surface area (TPSA) is 80.2 Å². The number of carboxylic acid groups (broad SMARTS) is 1. The van der Waals surface area contributed by atoms with Gasteiger partial charge in [0.2, 0.25) is 0 Å². The maximum absolute atomic E-state index is 15.4. The van der Waals surface area contributed by atoms with Crippen molar-refractivity contribution in [3.63, 3.8) is 0 Å². The first-order valence-electron chi connectivity index (χ1n) is 13.6. The predicted octanol–water partition coefficient (Wildman–Crippen LogP) is 3.24. The Labute approximate surface area is 261 Å². The van der Waals surface area contributed by atoms with Crippen molar-refractivity contribution in [2.45, 2.75) is 26.2 Å². The van der Waals surface area contributed by atoms with E-state index in [1.807, 2.05) is 18.3 Å². The molecule has 213 valence electrons. The van der Waals surface area contributed by atoms with Gasteiger partial charge in [0, 0.05) is 43.1 Å². The molecule has 0 fully saturated rings. The van der Waals surface area contributed by atoms with E-state index < -0.39 is 29.3 Å². The minimum Gasteiger partial charge on any atom is -0.477 e. The minimum atomic E-state index is -2.97. The van der Waals surface area contributed by atoms with Crippen molar-refractivity contribution in [3.8, 4) is 11.3 Å². The largest absolute Gasteiger partial charge is 0.477 e. The zero-order chi connectivity index (χ0) is 29.0. The third-order valence-electron chi connectivity index (χ3n) is 8.31. The first-order chi connectivity index (χ1) is 19.6. The summed E-state index contributed by atoms with van der Waals surface area (Å²) in [6.07, 6.45) is 3.29. The summed E-state index contributed by atoms with van der Waals surface area (Å²) in [5.41, 5.74) is 2.05. The Morgan fingerprint density at radius 3 is 1.81 bits per heavy atom. The maximum atomic E-state index is 15.4. The van der Waals surface area contributed by atoms with Gasteiger partial charge in [0.05, 0.1) is 16.1 Å². The first kappa shape index (κ1) is 30.2. The first-order valence-corrected chi connectivity index (χ1v) is 21.3. The van der Waals surface area contributed by atoms with Crippen LogP contribution in [0.2, 0.25) is 26.2 Å². The fourth-order valence-corrected chi connectivity index (χ4v) is 19.9. The number of nitrogens with zero attached hydrogens (tertiary/aromatic N) is 2. The number of pyridine rings is 2. The van der Waals surface area contributed by atoms with Crippen LogP contribution in [0.3, 0.4) is 0 Å². The van der Waals surface area contributed by atoms with E-state index in [-0.39, 0.29) is 25.8 Å². The molecule has 4 heterocycles. The van der Waals surface area contributed by atoms with E-state index in [0.717, 1.165) is 27.2 Å². The van der Waals surface area contributed by atoms with Crippen molar-refractivity contribution in [1.29, 1.82) is 0 Å². The normalized spacial score (nSPS) is 18.1. The molecule has 2 aliphatic rings. The van der Waals surface area contributed by atoms with Crippen molar-refractivity contribution in [3.05, 3.63) is 115 Å². The SMILES string of the molecule is C[Si]1(C)c2[c-]c(-c3ccccn3)cc3c2P(=O)(c2ccccc21)c1ccccc1[Si]3(C)C.O=C(O)c1ccccn1.[Ir]. The molecule has 42 heavy (non-hydrogen) atoms. The van der Waals surface area contributed by atoms with Crippen LogP contribution in [-0.4, -0.2) is 37.2 Å². The van der Waals surface area contributed by atoms with Crippen LogP contribution in [0.4, 0.5) is 0 Å². The number of carbonyl (C=O) groups is 1. The van der Waals surface area contributed by atoms with Gasteiger partial charge in [0.15, 0.2) is 0 Å². The molecular formula is C33H30IrN2O3PSi2-. The molecule has 2 aromatic heterocycles. The summed E-state index contributed by atoms with van der Waals surface area (Å²) >= 11 is 0. The van der Waals surface area contributed by atoms with Gasteiger partial charge in [-0.2, -0.15) is 0 Å². The van der Waals surface area contributed by atoms with Gasteiger partial charge in [0.1, 0.15) is 12.8 Å². The number of carboxylic acids is 1. The molecule has 1 atom stereocenters. The zero-order valence-electron chi connectivity index (χ0n) is 23.8. The van der Waals surface area contributed by atoms with Crippen LogP contribution in [0, 0.1) is 6.07 Å². The number of benzene rings is 3. The predicted molar refractivity (Wildman–Crippen MR) is 173 cm³/mol. The van der Waals surface area contributed by atoms with Crippen LogP contribution >= 0.6 is 7.14 Å². The number of aromatic carboxylic acids is 1. The molecule has 1 unspecified atom stereocenters. The average Bonchev–Trinajstić information content (AvgIpc) is 3.00. The van der Waals surface area contributed by atoms with Crippen LogP contribution < -0.4 is 36.7 Å². The Kier molecular flexibility index (Phi) is 7.99. The van der Waals surface area contributed by atoms with E-state index in [1.165, 1.54) is 33.0 Å². The van der Waals surface area contributed by atoms with Crippen LogP contribution in [0.15, 0.2) is 103 Å². The molecule has 5 nitrogen and oxygen atoms in total. The molecule has 2 aliphatic heterocycles. The minimum absolute atomic E-state index is 0. The molecule has 3 aromatic carbocycles. The quantitative estimate of drug-likeness (QED) is 0.169. The zero-order valence-corrected chi connectivity index (χ0v) is 29.0. The van der Waals surface area contributed by atoms with Crippen molar-refractivity contribution in [1.82, 2.24) is 9.97 Å². The van der Waals surface area contributed by atoms with E-state index in [1.54, 1.807) is 12.1 Å². The standard InChI is InChI=1S/C27H25NOPSi2.C6H5NO2.Ir/c1-31(2)23-14-7-5-12-21(23)30(29)22-13-6-8-15-24(22)32(3,4)26-18-19(17-25(31)27(26)30)20-11-9-10-16-28-20;8-6(9)5-3-1-2-4-7-5;/h5-17H,1-4H3;1-4H,(H,8,9);/q-1;;. The molecule has 1 radical (unpaired) electrons. The van der Waals surface area contributed by atoms with Crippen molar-refractivity contribution >= 4 is 65.9 Å². The Morgan fingerprint density at radius 1 is 0.738 bits per heavy atom. The van der Waals surface area contributed by atoms with Gasteiger partial charge in [0.25, 0.3) is 0 Å². The van der Waals surface area contributed by atoms with Gasteiger partial charge in [-0.25, -0.2) is 9.78 Å². The van der Waals surface area contributed by atoms with E-state index in [0.29, 0.717) is 0 Å². The Hall–Kier alpha value is -3.26. The molecule has 0 spiro atoms. The molecule has 0 bridgehead atoms. The monoisotopic (exact) mass is 782 g/mol. The molecular weight excluding hydrogens is 752 g/mol. The average molecular weight is 782 g/mol. The number of fused-ring (bicyclic) bond motifs is 4. The molecule has 0 saturated carbocycles. The Morgan fingerprint density at radius 2 is 1.29 bits per heavy atom. The summed E-state index contributed by atoms with van der Waals surface area (Å²) in [6.45, 7) is 9.59. The summed E-state index contributed by atoms with van der Waals surface area (Å²) < 4.78 is 15.4. The summed E-state index contributed by atoms with van der Waals surface area (Å²) in [5.74, 6) is -0.990. The third kappa shape index (κ3) is 4.63. The summed E-state index contributed by atoms with van der Waals surface area (Å²) in [7, 11) is -7.16. The van der Waals surface area contributed by atoms with E-state index >= 15 is 4.57 Å². The van der Waals surface area contributed by atoms with E-state index in [9.17, 15) is 4.79 Å². The second kappa shape index (κ2) is 11.1. The molecule has 0 amide bonds. The molecule has 1 N–H and O–H groups in total. The molecule has 7 rings (SSSR count). The molecule has 0 saturated heterocycles.